The van der Waals surface area contributed by atoms with Crippen molar-refractivity contribution in [1.82, 2.24) is 20.4 Å². The highest BCUT2D eigenvalue weighted by Gasteiger charge is 2.24. The van der Waals surface area contributed by atoms with Gasteiger partial charge in [0.2, 0.25) is 5.91 Å². The van der Waals surface area contributed by atoms with Gasteiger partial charge in [-0.15, -0.1) is 0 Å². The molecule has 1 amide bonds. The molecular formula is C12H20N4O3. The van der Waals surface area contributed by atoms with Gasteiger partial charge in [0.1, 0.15) is 13.2 Å². The van der Waals surface area contributed by atoms with Crippen molar-refractivity contribution in [1.29, 1.82) is 0 Å². The molecule has 1 aromatic heterocycles. The summed E-state index contributed by atoms with van der Waals surface area (Å²) in [7, 11) is 0. The zero-order valence-electron chi connectivity index (χ0n) is 11.5. The van der Waals surface area contributed by atoms with Gasteiger partial charge >= 0.3 is 0 Å². The van der Waals surface area contributed by atoms with Crippen LogP contribution in [-0.4, -0.2) is 52.7 Å². The Balaban J connectivity index is 1.74. The number of nitrogens with one attached hydrogen (secondary N) is 1. The van der Waals surface area contributed by atoms with Crippen molar-refractivity contribution in [3.63, 3.8) is 0 Å². The molecule has 1 aromatic rings. The maximum Gasteiger partial charge on any atom is 0.252 e. The number of piperazine rings is 1. The summed E-state index contributed by atoms with van der Waals surface area (Å²) in [5.74, 6) is 0.957. The number of rotatable bonds is 4. The van der Waals surface area contributed by atoms with Crippen LogP contribution in [0.3, 0.4) is 0 Å². The highest BCUT2D eigenvalue weighted by molar-refractivity contribution is 5.77. The van der Waals surface area contributed by atoms with E-state index in [1.807, 2.05) is 4.90 Å². The Morgan fingerprint density at radius 3 is 2.74 bits per heavy atom. The molecule has 0 spiro atoms. The summed E-state index contributed by atoms with van der Waals surface area (Å²) in [6.45, 7) is 7.51. The average molecular weight is 268 g/mol. The van der Waals surface area contributed by atoms with Crippen LogP contribution < -0.4 is 5.32 Å². The van der Waals surface area contributed by atoms with Crippen LogP contribution in [0.2, 0.25) is 0 Å². The van der Waals surface area contributed by atoms with E-state index in [-0.39, 0.29) is 19.1 Å². The molecule has 7 heteroatoms. The molecule has 1 fully saturated rings. The van der Waals surface area contributed by atoms with Gasteiger partial charge in [-0.2, -0.15) is 4.98 Å². The van der Waals surface area contributed by atoms with Gasteiger partial charge in [-0.3, -0.25) is 4.79 Å². The van der Waals surface area contributed by atoms with Crippen molar-refractivity contribution in [3.8, 4) is 0 Å². The van der Waals surface area contributed by atoms with E-state index < -0.39 is 0 Å². The van der Waals surface area contributed by atoms with E-state index in [1.165, 1.54) is 0 Å². The first-order valence-corrected chi connectivity index (χ1v) is 6.45. The smallest absolute Gasteiger partial charge is 0.252 e. The third kappa shape index (κ3) is 4.00. The van der Waals surface area contributed by atoms with Crippen molar-refractivity contribution in [3.05, 3.63) is 11.7 Å². The number of aromatic nitrogens is 2. The average Bonchev–Trinajstić information content (AvgIpc) is 2.73. The fourth-order valence-corrected chi connectivity index (χ4v) is 2.25. The summed E-state index contributed by atoms with van der Waals surface area (Å²) in [6.07, 6.45) is 0. The Morgan fingerprint density at radius 1 is 1.47 bits per heavy atom. The van der Waals surface area contributed by atoms with E-state index in [1.54, 1.807) is 6.92 Å². The van der Waals surface area contributed by atoms with E-state index >= 15 is 0 Å². The Morgan fingerprint density at radius 2 is 2.16 bits per heavy atom. The van der Waals surface area contributed by atoms with E-state index in [0.717, 1.165) is 0 Å². The summed E-state index contributed by atoms with van der Waals surface area (Å²) in [6, 6.07) is 0.623. The van der Waals surface area contributed by atoms with Crippen LogP contribution in [-0.2, 0) is 16.1 Å². The van der Waals surface area contributed by atoms with E-state index in [0.29, 0.717) is 36.9 Å². The standard InChI is InChI=1S/C12H20N4O3/c1-8-4-16(5-9(2)13-8)12(17)7-18-6-11-14-10(3)15-19-11/h8-9,13H,4-7H2,1-3H3/t8-,9-/m1/s1. The van der Waals surface area contributed by atoms with E-state index in [9.17, 15) is 4.79 Å². The summed E-state index contributed by atoms with van der Waals surface area (Å²) in [5, 5.41) is 7.04. The molecular weight excluding hydrogens is 248 g/mol. The molecule has 1 aliphatic rings. The Kier molecular flexibility index (Phi) is 4.49. The van der Waals surface area contributed by atoms with Crippen molar-refractivity contribution in [2.45, 2.75) is 39.5 Å². The minimum atomic E-state index is -0.00330. The van der Waals surface area contributed by atoms with Gasteiger partial charge in [-0.05, 0) is 20.8 Å². The third-order valence-electron chi connectivity index (χ3n) is 2.93. The monoisotopic (exact) mass is 268 g/mol. The lowest BCUT2D eigenvalue weighted by Crippen LogP contribution is -2.56. The zero-order chi connectivity index (χ0) is 13.8. The zero-order valence-corrected chi connectivity index (χ0v) is 11.5. The van der Waals surface area contributed by atoms with Crippen LogP contribution in [0.25, 0.3) is 0 Å². The quantitative estimate of drug-likeness (QED) is 0.834. The molecule has 106 valence electrons. The van der Waals surface area contributed by atoms with Crippen LogP contribution in [0.4, 0.5) is 0 Å². The minimum absolute atomic E-state index is 0.00330. The lowest BCUT2D eigenvalue weighted by molar-refractivity contribution is -0.138. The Labute approximate surface area is 112 Å². The summed E-state index contributed by atoms with van der Waals surface area (Å²) in [4.78, 5) is 17.8. The maximum atomic E-state index is 12.0. The second-order valence-corrected chi connectivity index (χ2v) is 5.00. The summed E-state index contributed by atoms with van der Waals surface area (Å²) >= 11 is 0. The Hall–Kier alpha value is -1.47. The highest BCUT2D eigenvalue weighted by atomic mass is 16.5. The topological polar surface area (TPSA) is 80.5 Å². The number of aryl methyl sites for hydroxylation is 1. The fourth-order valence-electron chi connectivity index (χ4n) is 2.25. The molecule has 1 saturated heterocycles. The molecule has 7 nitrogen and oxygen atoms in total. The molecule has 1 aliphatic heterocycles. The van der Waals surface area contributed by atoms with Crippen LogP contribution >= 0.6 is 0 Å². The minimum Gasteiger partial charge on any atom is -0.362 e. The van der Waals surface area contributed by atoms with Gasteiger partial charge in [0.25, 0.3) is 5.89 Å². The number of carbonyl (C=O) groups is 1. The van der Waals surface area contributed by atoms with Crippen molar-refractivity contribution < 1.29 is 14.1 Å². The van der Waals surface area contributed by atoms with Gasteiger partial charge in [0.05, 0.1) is 0 Å². The van der Waals surface area contributed by atoms with Gasteiger partial charge in [0.15, 0.2) is 5.82 Å². The van der Waals surface area contributed by atoms with Gasteiger partial charge in [0, 0.05) is 25.2 Å². The normalized spacial score (nSPS) is 23.6. The van der Waals surface area contributed by atoms with Crippen LogP contribution in [0, 0.1) is 6.92 Å². The first kappa shape index (κ1) is 14.0. The second-order valence-electron chi connectivity index (χ2n) is 5.00. The lowest BCUT2D eigenvalue weighted by atomic mass is 10.1. The maximum absolute atomic E-state index is 12.0. The molecule has 0 unspecified atom stereocenters. The Bertz CT molecular complexity index is 424. The molecule has 19 heavy (non-hydrogen) atoms. The molecule has 0 aliphatic carbocycles. The van der Waals surface area contributed by atoms with Gasteiger partial charge in [-0.25, -0.2) is 0 Å². The van der Waals surface area contributed by atoms with Crippen molar-refractivity contribution in [2.24, 2.45) is 0 Å². The number of hydrogen-bond donors (Lipinski definition) is 1. The van der Waals surface area contributed by atoms with Gasteiger partial charge < -0.3 is 19.5 Å². The van der Waals surface area contributed by atoms with Crippen molar-refractivity contribution >= 4 is 5.91 Å². The molecule has 0 aromatic carbocycles. The third-order valence-corrected chi connectivity index (χ3v) is 2.93. The van der Waals surface area contributed by atoms with Crippen molar-refractivity contribution in [2.75, 3.05) is 19.7 Å². The predicted molar refractivity (Wildman–Crippen MR) is 67.3 cm³/mol. The number of nitrogens with zero attached hydrogens (tertiary/aromatic N) is 3. The second kappa shape index (κ2) is 6.12. The number of ether oxygens (including phenoxy) is 1. The molecule has 2 rings (SSSR count). The largest absolute Gasteiger partial charge is 0.362 e. The first-order valence-electron chi connectivity index (χ1n) is 6.45. The number of hydrogen-bond acceptors (Lipinski definition) is 6. The van der Waals surface area contributed by atoms with Crippen LogP contribution in [0.1, 0.15) is 25.6 Å². The summed E-state index contributed by atoms with van der Waals surface area (Å²) in [5.41, 5.74) is 0. The lowest BCUT2D eigenvalue weighted by Gasteiger charge is -2.36. The van der Waals surface area contributed by atoms with Gasteiger partial charge in [-0.1, -0.05) is 5.16 Å². The molecule has 1 N–H and O–H groups in total. The molecule has 2 atom stereocenters. The van der Waals surface area contributed by atoms with E-state index in [4.69, 9.17) is 9.26 Å². The van der Waals surface area contributed by atoms with Crippen LogP contribution in [0.5, 0.6) is 0 Å². The molecule has 0 radical (unpaired) electrons. The SMILES string of the molecule is Cc1noc(COCC(=O)N2C[C@@H](C)N[C@H](C)C2)n1. The summed E-state index contributed by atoms with van der Waals surface area (Å²) < 4.78 is 10.2. The van der Waals surface area contributed by atoms with E-state index in [2.05, 4.69) is 29.3 Å². The first-order chi connectivity index (χ1) is 9.04. The fraction of sp³-hybridized carbons (Fsp3) is 0.750. The predicted octanol–water partition coefficient (Wildman–Crippen LogP) is 0.103. The molecule has 0 saturated carbocycles. The molecule has 0 bridgehead atoms. The highest BCUT2D eigenvalue weighted by Crippen LogP contribution is 2.05. The van der Waals surface area contributed by atoms with Crippen LogP contribution in [0.15, 0.2) is 4.52 Å². The number of carbonyl (C=O) groups excluding carboxylic acids is 1. The number of amides is 1. The molecule has 2 heterocycles.